The molecular formula is C13H21NO3. The lowest BCUT2D eigenvalue weighted by Crippen LogP contribution is -2.42. The van der Waals surface area contributed by atoms with Crippen LogP contribution in [0.2, 0.25) is 0 Å². The van der Waals surface area contributed by atoms with Crippen LogP contribution < -0.4 is 0 Å². The zero-order valence-electron chi connectivity index (χ0n) is 10.3. The monoisotopic (exact) mass is 239 g/mol. The number of aliphatic hydroxyl groups excluding tert-OH is 2. The highest BCUT2D eigenvalue weighted by Gasteiger charge is 2.25. The molecule has 4 nitrogen and oxygen atoms in total. The molecule has 1 aliphatic heterocycles. The van der Waals surface area contributed by atoms with Crippen LogP contribution in [0, 0.1) is 5.92 Å². The quantitative estimate of drug-likeness (QED) is 0.833. The van der Waals surface area contributed by atoms with Crippen LogP contribution in [-0.4, -0.2) is 34.3 Å². The van der Waals surface area contributed by atoms with Gasteiger partial charge in [-0.2, -0.15) is 0 Å². The van der Waals surface area contributed by atoms with E-state index in [-0.39, 0.29) is 13.2 Å². The lowest BCUT2D eigenvalue weighted by molar-refractivity contribution is 0.0710. The van der Waals surface area contributed by atoms with Crippen molar-refractivity contribution >= 4 is 0 Å². The summed E-state index contributed by atoms with van der Waals surface area (Å²) >= 11 is 0. The molecule has 1 aliphatic rings. The highest BCUT2D eigenvalue weighted by atomic mass is 16.4. The van der Waals surface area contributed by atoms with Gasteiger partial charge in [-0.25, -0.2) is 0 Å². The minimum Gasteiger partial charge on any atom is -0.462 e. The SMILES string of the molecule is CC1CCC(CO)CN1Cc1ccc(CO)o1. The van der Waals surface area contributed by atoms with Crippen molar-refractivity contribution in [2.45, 2.75) is 39.0 Å². The molecule has 0 aromatic carbocycles. The Kier molecular flexibility index (Phi) is 4.20. The summed E-state index contributed by atoms with van der Waals surface area (Å²) in [7, 11) is 0. The van der Waals surface area contributed by atoms with Crippen LogP contribution in [0.3, 0.4) is 0 Å². The molecule has 0 spiro atoms. The predicted octanol–water partition coefficient (Wildman–Crippen LogP) is 1.36. The van der Waals surface area contributed by atoms with Crippen molar-refractivity contribution < 1.29 is 14.6 Å². The van der Waals surface area contributed by atoms with E-state index in [1.165, 1.54) is 0 Å². The second-order valence-electron chi connectivity index (χ2n) is 4.93. The minimum absolute atomic E-state index is 0.0468. The molecule has 2 atom stereocenters. The number of rotatable bonds is 4. The predicted molar refractivity (Wildman–Crippen MR) is 64.3 cm³/mol. The third kappa shape index (κ3) is 3.09. The highest BCUT2D eigenvalue weighted by molar-refractivity contribution is 5.06. The largest absolute Gasteiger partial charge is 0.462 e. The van der Waals surface area contributed by atoms with Crippen molar-refractivity contribution in [2.75, 3.05) is 13.2 Å². The summed E-state index contributed by atoms with van der Waals surface area (Å²) in [6, 6.07) is 4.26. The van der Waals surface area contributed by atoms with Gasteiger partial charge in [0.25, 0.3) is 0 Å². The lowest BCUT2D eigenvalue weighted by Gasteiger charge is -2.36. The van der Waals surface area contributed by atoms with Gasteiger partial charge in [0.05, 0.1) is 6.54 Å². The summed E-state index contributed by atoms with van der Waals surface area (Å²) in [6.45, 7) is 4.12. The molecule has 1 fully saturated rings. The second-order valence-corrected chi connectivity index (χ2v) is 4.93. The molecule has 1 aromatic rings. The van der Waals surface area contributed by atoms with Gasteiger partial charge in [0.2, 0.25) is 0 Å². The number of nitrogens with zero attached hydrogens (tertiary/aromatic N) is 1. The summed E-state index contributed by atoms with van der Waals surface area (Å²) in [5.41, 5.74) is 0. The van der Waals surface area contributed by atoms with Crippen molar-refractivity contribution in [3.63, 3.8) is 0 Å². The van der Waals surface area contributed by atoms with E-state index in [0.29, 0.717) is 17.7 Å². The van der Waals surface area contributed by atoms with Gasteiger partial charge in [0, 0.05) is 19.2 Å². The van der Waals surface area contributed by atoms with E-state index in [1.807, 2.05) is 12.1 Å². The summed E-state index contributed by atoms with van der Waals surface area (Å²) in [6.07, 6.45) is 2.23. The maximum atomic E-state index is 9.22. The summed E-state index contributed by atoms with van der Waals surface area (Å²) in [5.74, 6) is 1.89. The highest BCUT2D eigenvalue weighted by Crippen LogP contribution is 2.23. The molecule has 2 N–H and O–H groups in total. The smallest absolute Gasteiger partial charge is 0.129 e. The Balaban J connectivity index is 1.96. The molecule has 96 valence electrons. The molecule has 2 unspecified atom stereocenters. The maximum Gasteiger partial charge on any atom is 0.129 e. The minimum atomic E-state index is -0.0468. The molecule has 0 bridgehead atoms. The van der Waals surface area contributed by atoms with Gasteiger partial charge in [-0.05, 0) is 37.8 Å². The van der Waals surface area contributed by atoms with E-state index in [9.17, 15) is 5.11 Å². The Morgan fingerprint density at radius 3 is 2.71 bits per heavy atom. The fourth-order valence-electron chi connectivity index (χ4n) is 2.42. The molecule has 0 aliphatic carbocycles. The van der Waals surface area contributed by atoms with Crippen molar-refractivity contribution in [1.29, 1.82) is 0 Å². The Morgan fingerprint density at radius 2 is 2.06 bits per heavy atom. The topological polar surface area (TPSA) is 56.8 Å². The van der Waals surface area contributed by atoms with Crippen molar-refractivity contribution in [1.82, 2.24) is 4.90 Å². The summed E-state index contributed by atoms with van der Waals surface area (Å²) in [5, 5.41) is 18.2. The molecule has 0 amide bonds. The van der Waals surface area contributed by atoms with Crippen molar-refractivity contribution in [3.8, 4) is 0 Å². The molecule has 4 heteroatoms. The molecule has 1 aromatic heterocycles. The third-order valence-corrected chi connectivity index (χ3v) is 3.60. The van der Waals surface area contributed by atoms with Gasteiger partial charge >= 0.3 is 0 Å². The Bertz CT molecular complexity index is 350. The molecule has 2 heterocycles. The van der Waals surface area contributed by atoms with E-state index in [2.05, 4.69) is 11.8 Å². The van der Waals surface area contributed by atoms with Crippen LogP contribution in [0.5, 0.6) is 0 Å². The average molecular weight is 239 g/mol. The standard InChI is InChI=1S/C13H21NO3/c1-10-2-3-11(8-15)6-14(10)7-12-4-5-13(9-16)17-12/h4-5,10-11,15-16H,2-3,6-9H2,1H3. The van der Waals surface area contributed by atoms with Crippen LogP contribution in [0.15, 0.2) is 16.5 Å². The van der Waals surface area contributed by atoms with Crippen LogP contribution in [-0.2, 0) is 13.2 Å². The summed E-state index contributed by atoms with van der Waals surface area (Å²) < 4.78 is 5.50. The van der Waals surface area contributed by atoms with Gasteiger partial charge in [-0.1, -0.05) is 0 Å². The zero-order valence-corrected chi connectivity index (χ0v) is 10.3. The van der Waals surface area contributed by atoms with Crippen LogP contribution in [0.25, 0.3) is 0 Å². The van der Waals surface area contributed by atoms with Crippen LogP contribution in [0.1, 0.15) is 31.3 Å². The molecule has 1 saturated heterocycles. The van der Waals surface area contributed by atoms with E-state index in [0.717, 1.165) is 31.7 Å². The van der Waals surface area contributed by atoms with Gasteiger partial charge in [0.1, 0.15) is 18.1 Å². The number of hydrogen-bond donors (Lipinski definition) is 2. The van der Waals surface area contributed by atoms with Crippen molar-refractivity contribution in [3.05, 3.63) is 23.7 Å². The Labute approximate surface area is 102 Å². The van der Waals surface area contributed by atoms with Crippen LogP contribution in [0.4, 0.5) is 0 Å². The Hall–Kier alpha value is -0.840. The molecule has 0 radical (unpaired) electrons. The van der Waals surface area contributed by atoms with Gasteiger partial charge in [-0.3, -0.25) is 4.90 Å². The number of likely N-dealkylation sites (tertiary alicyclic amines) is 1. The number of piperidine rings is 1. The normalized spacial score (nSPS) is 26.3. The summed E-state index contributed by atoms with van der Waals surface area (Å²) in [4.78, 5) is 2.34. The van der Waals surface area contributed by atoms with Gasteiger partial charge in [0.15, 0.2) is 0 Å². The average Bonchev–Trinajstić information content (AvgIpc) is 2.80. The third-order valence-electron chi connectivity index (χ3n) is 3.60. The van der Waals surface area contributed by atoms with E-state index >= 15 is 0 Å². The van der Waals surface area contributed by atoms with E-state index in [1.54, 1.807) is 0 Å². The zero-order chi connectivity index (χ0) is 12.3. The first-order chi connectivity index (χ1) is 8.22. The van der Waals surface area contributed by atoms with Crippen molar-refractivity contribution in [2.24, 2.45) is 5.92 Å². The van der Waals surface area contributed by atoms with E-state index < -0.39 is 0 Å². The fraction of sp³-hybridized carbons (Fsp3) is 0.692. The molecule has 2 rings (SSSR count). The van der Waals surface area contributed by atoms with E-state index in [4.69, 9.17) is 9.52 Å². The second kappa shape index (κ2) is 5.67. The lowest BCUT2D eigenvalue weighted by atomic mass is 9.94. The first kappa shape index (κ1) is 12.6. The fourth-order valence-corrected chi connectivity index (χ4v) is 2.42. The number of aliphatic hydroxyl groups is 2. The molecule has 17 heavy (non-hydrogen) atoms. The molecular weight excluding hydrogens is 218 g/mol. The number of furan rings is 1. The number of hydrogen-bond acceptors (Lipinski definition) is 4. The van der Waals surface area contributed by atoms with Gasteiger partial charge in [-0.15, -0.1) is 0 Å². The molecule has 0 saturated carbocycles. The van der Waals surface area contributed by atoms with Gasteiger partial charge < -0.3 is 14.6 Å². The first-order valence-corrected chi connectivity index (χ1v) is 6.26. The Morgan fingerprint density at radius 1 is 1.29 bits per heavy atom. The van der Waals surface area contributed by atoms with Crippen LogP contribution >= 0.6 is 0 Å². The maximum absolute atomic E-state index is 9.22. The first-order valence-electron chi connectivity index (χ1n) is 6.26.